The van der Waals surface area contributed by atoms with Crippen molar-refractivity contribution < 1.29 is 31.5 Å². The molecule has 242 valence electrons. The maximum Gasteiger partial charge on any atom is 0.408 e. The number of carbonyl (C=O) groups is 2. The molecule has 3 heterocycles. The fourth-order valence-corrected chi connectivity index (χ4v) is 11.7. The predicted octanol–water partition coefficient (Wildman–Crippen LogP) is 7.19. The number of carboxylic acid groups (broad SMARTS) is 1. The number of nitrogens with zero attached hydrogens (tertiary/aromatic N) is 4. The number of aromatic nitrogens is 2. The Morgan fingerprint density at radius 2 is 1.48 bits per heavy atom. The summed E-state index contributed by atoms with van der Waals surface area (Å²) in [5.41, 5.74) is 0.988. The summed E-state index contributed by atoms with van der Waals surface area (Å²) in [5.74, 6) is -0.507. The van der Waals surface area contributed by atoms with Gasteiger partial charge in [0.2, 0.25) is 0 Å². The van der Waals surface area contributed by atoms with Gasteiger partial charge in [-0.1, -0.05) is 59.6 Å². The number of fused-ring (bicyclic) bond motifs is 1. The van der Waals surface area contributed by atoms with Crippen LogP contribution in [0.5, 0.6) is 0 Å². The summed E-state index contributed by atoms with van der Waals surface area (Å²) in [7, 11) is -9.72. The van der Waals surface area contributed by atoms with Crippen LogP contribution in [0.2, 0.25) is 8.67 Å². The first kappa shape index (κ1) is 33.9. The molecule has 0 radical (unpaired) electrons. The summed E-state index contributed by atoms with van der Waals surface area (Å²) < 4.78 is 57.7. The number of amides is 1. The molecule has 3 aromatic heterocycles. The minimum Gasteiger partial charge on any atom is -0.465 e. The number of aldehydes is 1. The molecule has 11 nitrogen and oxygen atoms in total. The van der Waals surface area contributed by atoms with Gasteiger partial charge in [0, 0.05) is 17.6 Å². The number of hydrogen-bond donors (Lipinski definition) is 1. The quantitative estimate of drug-likeness (QED) is 0.148. The molecule has 0 aliphatic carbocycles. The lowest BCUT2D eigenvalue weighted by Gasteiger charge is -2.33. The van der Waals surface area contributed by atoms with Gasteiger partial charge < -0.3 is 5.11 Å². The molecule has 5 rings (SSSR count). The average Bonchev–Trinajstić information content (AvgIpc) is 3.70. The van der Waals surface area contributed by atoms with Gasteiger partial charge in [0.25, 0.3) is 20.0 Å². The van der Waals surface area contributed by atoms with Gasteiger partial charge in [0.15, 0.2) is 12.1 Å². The SMILES string of the molecule is CC(C)(C)N(Cc1cccc(Cn2nc(N(S(=O)(=O)c3ccc(Cl)s3)S(=O)(=O)c3ccc(Cl)s3)c3c(C=O)cccc32)c1)C(=O)O. The monoisotopic (exact) mass is 740 g/mol. The van der Waals surface area contributed by atoms with Crippen molar-refractivity contribution in [3.05, 3.63) is 92.1 Å². The van der Waals surface area contributed by atoms with Crippen molar-refractivity contribution in [3.63, 3.8) is 0 Å². The highest BCUT2D eigenvalue weighted by Crippen LogP contribution is 2.40. The molecule has 0 spiro atoms. The molecule has 17 heteroatoms. The average molecular weight is 742 g/mol. The highest BCUT2D eigenvalue weighted by atomic mass is 35.5. The molecule has 0 bridgehead atoms. The Hall–Kier alpha value is -3.47. The van der Waals surface area contributed by atoms with E-state index in [0.29, 0.717) is 40.1 Å². The highest BCUT2D eigenvalue weighted by molar-refractivity contribution is 8.11. The molecule has 0 unspecified atom stereocenters. The molecule has 2 aromatic carbocycles. The molecule has 1 amide bonds. The first-order valence-corrected chi connectivity index (χ1v) is 18.7. The number of thiophene rings is 2. The van der Waals surface area contributed by atoms with Crippen molar-refractivity contribution in [2.45, 2.75) is 47.8 Å². The minimum absolute atomic E-state index is 0.00380. The second-order valence-corrected chi connectivity index (χ2v) is 18.7. The van der Waals surface area contributed by atoms with E-state index in [0.717, 1.165) is 0 Å². The molecule has 0 saturated carbocycles. The van der Waals surface area contributed by atoms with Crippen LogP contribution >= 0.6 is 45.9 Å². The van der Waals surface area contributed by atoms with Gasteiger partial charge in [0.05, 0.1) is 26.1 Å². The number of hydrogen-bond acceptors (Lipinski definition) is 9. The first-order valence-electron chi connectivity index (χ1n) is 13.4. The van der Waals surface area contributed by atoms with E-state index in [4.69, 9.17) is 23.2 Å². The molecular weight excluding hydrogens is 716 g/mol. The van der Waals surface area contributed by atoms with Crippen molar-refractivity contribution >= 4 is 95.0 Å². The number of sulfonamides is 2. The third kappa shape index (κ3) is 6.52. The lowest BCUT2D eigenvalue weighted by atomic mass is 10.0. The van der Waals surface area contributed by atoms with E-state index in [1.807, 2.05) is 0 Å². The smallest absolute Gasteiger partial charge is 0.408 e. The van der Waals surface area contributed by atoms with Crippen LogP contribution in [0.3, 0.4) is 0 Å². The zero-order chi connectivity index (χ0) is 33.6. The van der Waals surface area contributed by atoms with Crippen LogP contribution in [0.25, 0.3) is 10.9 Å². The van der Waals surface area contributed by atoms with E-state index in [9.17, 15) is 31.5 Å². The van der Waals surface area contributed by atoms with Crippen LogP contribution in [0.15, 0.2) is 75.1 Å². The standard InChI is InChI=1S/C29H26Cl2N4O7S4/c1-29(2,3)33(28(37)38)15-18-6-4-7-19(14-18)16-34-21-9-5-8-20(17-36)26(21)27(32-34)35(45(39,40)24-12-10-22(30)43-24)46(41,42)25-13-11-23(31)44-25/h4-14,17H,15-16H2,1-3H3,(H,37,38). The third-order valence-electron chi connectivity index (χ3n) is 6.84. The van der Waals surface area contributed by atoms with Crippen LogP contribution in [-0.4, -0.2) is 54.5 Å². The van der Waals surface area contributed by atoms with Crippen molar-refractivity contribution in [1.82, 2.24) is 14.7 Å². The normalized spacial score (nSPS) is 12.4. The van der Waals surface area contributed by atoms with Gasteiger partial charge in [-0.3, -0.25) is 14.4 Å². The van der Waals surface area contributed by atoms with Gasteiger partial charge in [-0.15, -0.1) is 26.4 Å². The summed E-state index contributed by atoms with van der Waals surface area (Å²) in [6.07, 6.45) is -0.587. The number of halogens is 2. The van der Waals surface area contributed by atoms with E-state index in [-0.39, 0.29) is 50.4 Å². The molecule has 0 fully saturated rings. The Balaban J connectivity index is 1.70. The largest absolute Gasteiger partial charge is 0.465 e. The summed E-state index contributed by atoms with van der Waals surface area (Å²) in [6.45, 7) is 5.49. The predicted molar refractivity (Wildman–Crippen MR) is 179 cm³/mol. The van der Waals surface area contributed by atoms with Crippen molar-refractivity contribution in [1.29, 1.82) is 0 Å². The summed E-state index contributed by atoms with van der Waals surface area (Å²) in [4.78, 5) is 25.5. The molecule has 46 heavy (non-hydrogen) atoms. The van der Waals surface area contributed by atoms with E-state index in [1.165, 1.54) is 39.9 Å². The summed E-state index contributed by atoms with van der Waals surface area (Å²) in [6, 6.07) is 16.7. The second kappa shape index (κ2) is 12.6. The van der Waals surface area contributed by atoms with Crippen molar-refractivity contribution in [2.75, 3.05) is 3.71 Å². The van der Waals surface area contributed by atoms with Gasteiger partial charge in [-0.25, -0.2) is 4.79 Å². The third-order valence-corrected chi connectivity index (χ3v) is 14.3. The van der Waals surface area contributed by atoms with Crippen LogP contribution in [0.1, 0.15) is 42.3 Å². The number of benzene rings is 2. The number of rotatable bonds is 10. The van der Waals surface area contributed by atoms with Crippen LogP contribution in [-0.2, 0) is 33.1 Å². The van der Waals surface area contributed by atoms with Crippen LogP contribution < -0.4 is 3.71 Å². The number of carbonyl (C=O) groups excluding carboxylic acids is 1. The fraction of sp³-hybridized carbons (Fsp3) is 0.207. The Labute approximate surface area is 283 Å². The van der Waals surface area contributed by atoms with Crippen molar-refractivity contribution in [2.24, 2.45) is 0 Å². The minimum atomic E-state index is -4.86. The Morgan fingerprint density at radius 3 is 1.98 bits per heavy atom. The van der Waals surface area contributed by atoms with Gasteiger partial charge in [-0.05, 0) is 62.2 Å². The number of anilines is 1. The lowest BCUT2D eigenvalue weighted by molar-refractivity contribution is 0.0955. The molecule has 5 aromatic rings. The molecule has 0 atom stereocenters. The molecular formula is C29H26Cl2N4O7S4. The van der Waals surface area contributed by atoms with Crippen LogP contribution in [0.4, 0.5) is 10.6 Å². The zero-order valence-electron chi connectivity index (χ0n) is 24.4. The molecule has 0 aliphatic heterocycles. The van der Waals surface area contributed by atoms with Crippen molar-refractivity contribution in [3.8, 4) is 0 Å². The second-order valence-electron chi connectivity index (χ2n) is 11.0. The Bertz CT molecular complexity index is 2120. The molecule has 0 aliphatic rings. The van der Waals surface area contributed by atoms with E-state index >= 15 is 0 Å². The molecule has 1 N–H and O–H groups in total. The fourth-order valence-electron chi connectivity index (χ4n) is 4.75. The van der Waals surface area contributed by atoms with Gasteiger partial charge in [0.1, 0.15) is 8.42 Å². The first-order chi connectivity index (χ1) is 21.5. The Morgan fingerprint density at radius 1 is 0.913 bits per heavy atom. The summed E-state index contributed by atoms with van der Waals surface area (Å²) in [5, 5.41) is 14.3. The summed E-state index contributed by atoms with van der Waals surface area (Å²) >= 11 is 13.4. The van der Waals surface area contributed by atoms with Gasteiger partial charge >= 0.3 is 6.09 Å². The zero-order valence-corrected chi connectivity index (χ0v) is 29.2. The maximum absolute atomic E-state index is 14.1. The molecule has 0 saturated heterocycles. The van der Waals surface area contributed by atoms with E-state index in [2.05, 4.69) is 5.10 Å². The highest BCUT2D eigenvalue weighted by Gasteiger charge is 2.42. The van der Waals surface area contributed by atoms with Gasteiger partial charge in [-0.2, -0.15) is 21.9 Å². The van der Waals surface area contributed by atoms with E-state index < -0.39 is 37.5 Å². The Kier molecular flexibility index (Phi) is 9.29. The van der Waals surface area contributed by atoms with Crippen LogP contribution in [0, 0.1) is 0 Å². The van der Waals surface area contributed by atoms with E-state index in [1.54, 1.807) is 57.2 Å². The topological polar surface area (TPSA) is 147 Å². The lowest BCUT2D eigenvalue weighted by Crippen LogP contribution is -2.44. The maximum atomic E-state index is 14.1.